The molecule has 0 saturated carbocycles. The third-order valence-electron chi connectivity index (χ3n) is 5.96. The molecule has 2 aliphatic heterocycles. The Balaban J connectivity index is 0.000000207. The van der Waals surface area contributed by atoms with Crippen molar-refractivity contribution in [2.24, 2.45) is 23.7 Å². The molecule has 4 atom stereocenters. The van der Waals surface area contributed by atoms with Gasteiger partial charge in [0.15, 0.2) is 0 Å². The average Bonchev–Trinajstić information content (AvgIpc) is 3.34. The fraction of sp³-hybridized carbons (Fsp3) is 0.565. The van der Waals surface area contributed by atoms with Crippen molar-refractivity contribution in [3.05, 3.63) is 48.1 Å². The maximum atomic E-state index is 5.42. The van der Waals surface area contributed by atoms with Crippen molar-refractivity contribution in [1.29, 1.82) is 0 Å². The summed E-state index contributed by atoms with van der Waals surface area (Å²) < 4.78 is 5.42. The summed E-state index contributed by atoms with van der Waals surface area (Å²) >= 11 is 0. The lowest BCUT2D eigenvalue weighted by Gasteiger charge is -2.10. The first kappa shape index (κ1) is 20.7. The third-order valence-corrected chi connectivity index (χ3v) is 5.96. The Morgan fingerprint density at radius 2 is 1.65 bits per heavy atom. The van der Waals surface area contributed by atoms with Crippen LogP contribution in [0.5, 0.6) is 5.75 Å². The smallest absolute Gasteiger partial charge is 0.126 e. The molecule has 1 aromatic carbocycles. The van der Waals surface area contributed by atoms with Gasteiger partial charge in [0.1, 0.15) is 5.75 Å². The number of benzene rings is 1. The van der Waals surface area contributed by atoms with Gasteiger partial charge < -0.3 is 15.4 Å². The lowest BCUT2D eigenvalue weighted by molar-refractivity contribution is 0.413. The summed E-state index contributed by atoms with van der Waals surface area (Å²) in [6.45, 7) is 4.78. The third kappa shape index (κ3) is 4.21. The van der Waals surface area contributed by atoms with Crippen molar-refractivity contribution in [2.45, 2.75) is 27.7 Å². The largest absolute Gasteiger partial charge is 0.496 e. The summed E-state index contributed by atoms with van der Waals surface area (Å²) in [7, 11) is 1.75. The topological polar surface area (TPSA) is 33.3 Å². The van der Waals surface area contributed by atoms with Gasteiger partial charge in [-0.25, -0.2) is 0 Å². The van der Waals surface area contributed by atoms with Crippen LogP contribution in [0.3, 0.4) is 0 Å². The number of ether oxygens (including phenoxy) is 1. The Labute approximate surface area is 159 Å². The molecule has 1 aromatic rings. The molecule has 4 aliphatic rings. The predicted molar refractivity (Wildman–Crippen MR) is 113 cm³/mol. The highest BCUT2D eigenvalue weighted by Crippen LogP contribution is 2.40. The Morgan fingerprint density at radius 3 is 2.38 bits per heavy atom. The summed E-state index contributed by atoms with van der Waals surface area (Å²) in [6, 6.07) is 8.33. The highest BCUT2D eigenvalue weighted by atomic mass is 16.5. The van der Waals surface area contributed by atoms with E-state index in [1.165, 1.54) is 43.6 Å². The van der Waals surface area contributed by atoms with Crippen LogP contribution in [0.15, 0.2) is 42.5 Å². The van der Waals surface area contributed by atoms with Crippen molar-refractivity contribution in [2.75, 3.05) is 33.3 Å². The van der Waals surface area contributed by atoms with Gasteiger partial charge >= 0.3 is 0 Å². The molecule has 2 heterocycles. The van der Waals surface area contributed by atoms with E-state index >= 15 is 0 Å². The van der Waals surface area contributed by atoms with Crippen LogP contribution in [0.2, 0.25) is 0 Å². The second-order valence-corrected chi connectivity index (χ2v) is 7.42. The molecule has 144 valence electrons. The minimum Gasteiger partial charge on any atom is -0.496 e. The molecule has 5 rings (SSSR count). The normalized spacial score (nSPS) is 30.3. The second-order valence-electron chi connectivity index (χ2n) is 7.42. The molecule has 2 saturated heterocycles. The van der Waals surface area contributed by atoms with Crippen molar-refractivity contribution in [1.82, 2.24) is 10.6 Å². The van der Waals surface area contributed by atoms with Gasteiger partial charge in [-0.1, -0.05) is 51.3 Å². The summed E-state index contributed by atoms with van der Waals surface area (Å²) in [5.74, 6) is 4.38. The number of methoxy groups -OCH3 is 1. The molecule has 3 heteroatoms. The Bertz CT molecular complexity index is 637. The van der Waals surface area contributed by atoms with Crippen LogP contribution < -0.4 is 15.4 Å². The van der Waals surface area contributed by atoms with E-state index in [0.29, 0.717) is 0 Å². The molecule has 26 heavy (non-hydrogen) atoms. The number of hydrogen-bond acceptors (Lipinski definition) is 3. The van der Waals surface area contributed by atoms with Crippen LogP contribution in [0.25, 0.3) is 5.57 Å². The van der Waals surface area contributed by atoms with E-state index in [1.54, 1.807) is 7.11 Å². The van der Waals surface area contributed by atoms with Gasteiger partial charge in [0.05, 0.1) is 7.11 Å². The highest BCUT2D eigenvalue weighted by molar-refractivity contribution is 5.72. The molecule has 0 radical (unpaired) electrons. The maximum absolute atomic E-state index is 5.42. The summed E-state index contributed by atoms with van der Waals surface area (Å²) in [6.07, 6.45) is 9.61. The number of rotatable bonds is 2. The highest BCUT2D eigenvalue weighted by Gasteiger charge is 2.32. The standard InChI is InChI=1S/C14H17NO.C7H11N.2CH4/c1-16-14-5-3-2-4-13(14)10-6-11-8-15-9-12(11)7-10;1-2-6-4-8-5-7(6)3-1;;/h2-6,11-12,15H,7-9H2,1H3;1-2,6-8H,3-5H2;2*1H4. The number of hydrogen-bond donors (Lipinski definition) is 2. The summed E-state index contributed by atoms with van der Waals surface area (Å²) in [5, 5.41) is 6.82. The molecule has 3 nitrogen and oxygen atoms in total. The second kappa shape index (κ2) is 9.38. The zero-order valence-corrected chi connectivity index (χ0v) is 14.5. The van der Waals surface area contributed by atoms with Crippen molar-refractivity contribution in [3.63, 3.8) is 0 Å². The van der Waals surface area contributed by atoms with Crippen LogP contribution in [0.1, 0.15) is 33.3 Å². The monoisotopic (exact) mass is 356 g/mol. The molecular formula is C23H36N2O. The van der Waals surface area contributed by atoms with E-state index in [-0.39, 0.29) is 14.9 Å². The van der Waals surface area contributed by atoms with E-state index in [9.17, 15) is 0 Å². The lowest BCUT2D eigenvalue weighted by atomic mass is 9.98. The van der Waals surface area contributed by atoms with Crippen LogP contribution in [-0.2, 0) is 0 Å². The van der Waals surface area contributed by atoms with Gasteiger partial charge in [-0.3, -0.25) is 0 Å². The van der Waals surface area contributed by atoms with Crippen LogP contribution in [0.4, 0.5) is 0 Å². The Kier molecular flexibility index (Phi) is 7.48. The van der Waals surface area contributed by atoms with E-state index in [2.05, 4.69) is 41.0 Å². The zero-order valence-electron chi connectivity index (χ0n) is 14.5. The van der Waals surface area contributed by atoms with E-state index < -0.39 is 0 Å². The molecular weight excluding hydrogens is 320 g/mol. The van der Waals surface area contributed by atoms with Gasteiger partial charge in [-0.05, 0) is 61.2 Å². The van der Waals surface area contributed by atoms with Gasteiger partial charge in [0.2, 0.25) is 0 Å². The molecule has 0 amide bonds. The molecule has 0 aromatic heterocycles. The molecule has 2 fully saturated rings. The van der Waals surface area contributed by atoms with Crippen LogP contribution >= 0.6 is 0 Å². The number of nitrogens with one attached hydrogen (secondary N) is 2. The minimum atomic E-state index is 0. The Hall–Kier alpha value is -1.58. The molecule has 0 spiro atoms. The maximum Gasteiger partial charge on any atom is 0.126 e. The van der Waals surface area contributed by atoms with Gasteiger partial charge in [-0.2, -0.15) is 0 Å². The quantitative estimate of drug-likeness (QED) is 0.772. The van der Waals surface area contributed by atoms with E-state index in [0.717, 1.165) is 36.0 Å². The number of fused-ring (bicyclic) bond motifs is 2. The molecule has 2 aliphatic carbocycles. The SMILES string of the molecule is C.C.C1=CC2CNCC2C1.COc1ccccc1C1=CC2CNCC2C1. The fourth-order valence-corrected chi connectivity index (χ4v) is 4.56. The average molecular weight is 357 g/mol. The Morgan fingerprint density at radius 1 is 0.923 bits per heavy atom. The van der Waals surface area contributed by atoms with Crippen molar-refractivity contribution >= 4 is 5.57 Å². The van der Waals surface area contributed by atoms with Crippen molar-refractivity contribution < 1.29 is 4.74 Å². The number of para-hydroxylation sites is 1. The first-order chi connectivity index (χ1) is 11.8. The van der Waals surface area contributed by atoms with Crippen molar-refractivity contribution in [3.8, 4) is 5.75 Å². The predicted octanol–water partition coefficient (Wildman–Crippen LogP) is 4.37. The van der Waals surface area contributed by atoms with Crippen LogP contribution in [0, 0.1) is 23.7 Å². The lowest BCUT2D eigenvalue weighted by Crippen LogP contribution is -2.09. The molecule has 0 bridgehead atoms. The van der Waals surface area contributed by atoms with E-state index in [4.69, 9.17) is 4.74 Å². The summed E-state index contributed by atoms with van der Waals surface area (Å²) in [5.41, 5.74) is 2.74. The van der Waals surface area contributed by atoms with E-state index in [1.807, 2.05) is 12.1 Å². The number of allylic oxidation sites excluding steroid dienone is 2. The fourth-order valence-electron chi connectivity index (χ4n) is 4.56. The van der Waals surface area contributed by atoms with Gasteiger partial charge in [-0.15, -0.1) is 0 Å². The zero-order chi connectivity index (χ0) is 16.4. The molecule has 4 unspecified atom stereocenters. The minimum absolute atomic E-state index is 0. The van der Waals surface area contributed by atoms with Gasteiger partial charge in [0.25, 0.3) is 0 Å². The first-order valence-electron chi connectivity index (χ1n) is 9.27. The first-order valence-corrected chi connectivity index (χ1v) is 9.27. The van der Waals surface area contributed by atoms with Gasteiger partial charge in [0, 0.05) is 18.7 Å². The van der Waals surface area contributed by atoms with Crippen LogP contribution in [-0.4, -0.2) is 33.3 Å². The molecule has 2 N–H and O–H groups in total. The summed E-state index contributed by atoms with van der Waals surface area (Å²) in [4.78, 5) is 0.